The molecule has 1 N–H and O–H groups in total. The molecule has 0 saturated carbocycles. The summed E-state index contributed by atoms with van der Waals surface area (Å²) < 4.78 is 1.40. The lowest BCUT2D eigenvalue weighted by molar-refractivity contribution is 0.0686. The summed E-state index contributed by atoms with van der Waals surface area (Å²) in [5.41, 5.74) is 4.10. The van der Waals surface area contributed by atoms with Gasteiger partial charge in [0.25, 0.3) is 11.5 Å². The SMILES string of the molecule is O=C(c1cnc2ccccn2c1=O)N1CCc2c([nH]c3ccccc23)[C@H]1c1ccccn1. The highest BCUT2D eigenvalue weighted by Crippen LogP contribution is 2.38. The molecular weight excluding hydrogens is 402 g/mol. The number of H-pyrrole nitrogens is 1. The molecule has 5 heterocycles. The molecule has 0 spiro atoms. The van der Waals surface area contributed by atoms with Crippen LogP contribution in [0.4, 0.5) is 0 Å². The Morgan fingerprint density at radius 1 is 1.00 bits per heavy atom. The Hall–Kier alpha value is -4.26. The van der Waals surface area contributed by atoms with Gasteiger partial charge in [0.15, 0.2) is 0 Å². The van der Waals surface area contributed by atoms with Crippen molar-refractivity contribution in [3.8, 4) is 0 Å². The molecule has 7 heteroatoms. The number of hydrogen-bond acceptors (Lipinski definition) is 4. The lowest BCUT2D eigenvalue weighted by Gasteiger charge is -2.35. The summed E-state index contributed by atoms with van der Waals surface area (Å²) in [5.74, 6) is -0.347. The first-order valence-electron chi connectivity index (χ1n) is 10.5. The molecule has 1 amide bonds. The van der Waals surface area contributed by atoms with Gasteiger partial charge >= 0.3 is 0 Å². The van der Waals surface area contributed by atoms with E-state index in [2.05, 4.69) is 21.0 Å². The minimum atomic E-state index is -0.421. The molecule has 7 nitrogen and oxygen atoms in total. The zero-order valence-electron chi connectivity index (χ0n) is 17.1. The maximum absolute atomic E-state index is 13.7. The third-order valence-electron chi connectivity index (χ3n) is 6.11. The fourth-order valence-corrected chi connectivity index (χ4v) is 4.63. The van der Waals surface area contributed by atoms with Crippen LogP contribution in [0.25, 0.3) is 16.6 Å². The van der Waals surface area contributed by atoms with Crippen molar-refractivity contribution >= 4 is 22.5 Å². The Bertz CT molecular complexity index is 1540. The van der Waals surface area contributed by atoms with E-state index in [4.69, 9.17) is 0 Å². The van der Waals surface area contributed by atoms with Crippen molar-refractivity contribution in [2.45, 2.75) is 12.5 Å². The number of nitrogens with zero attached hydrogens (tertiary/aromatic N) is 4. The number of pyridine rings is 2. The molecule has 32 heavy (non-hydrogen) atoms. The molecule has 5 aromatic rings. The van der Waals surface area contributed by atoms with Crippen molar-refractivity contribution in [2.24, 2.45) is 0 Å². The van der Waals surface area contributed by atoms with E-state index >= 15 is 0 Å². The molecule has 6 rings (SSSR count). The molecular formula is C25H19N5O2. The molecule has 0 fully saturated rings. The molecule has 1 aliphatic rings. The summed E-state index contributed by atoms with van der Waals surface area (Å²) in [4.78, 5) is 40.9. The van der Waals surface area contributed by atoms with E-state index in [1.807, 2.05) is 42.5 Å². The van der Waals surface area contributed by atoms with Gasteiger partial charge in [-0.1, -0.05) is 30.3 Å². The van der Waals surface area contributed by atoms with Gasteiger partial charge in [0.2, 0.25) is 0 Å². The van der Waals surface area contributed by atoms with Crippen LogP contribution in [0.1, 0.15) is 33.4 Å². The maximum atomic E-state index is 13.7. The number of para-hydroxylation sites is 1. The first kappa shape index (κ1) is 18.5. The van der Waals surface area contributed by atoms with Gasteiger partial charge in [-0.25, -0.2) is 4.98 Å². The third kappa shape index (κ3) is 2.75. The quantitative estimate of drug-likeness (QED) is 0.474. The number of aromatic amines is 1. The fraction of sp³-hybridized carbons (Fsp3) is 0.120. The molecule has 0 radical (unpaired) electrons. The van der Waals surface area contributed by atoms with Gasteiger partial charge in [0.1, 0.15) is 17.3 Å². The van der Waals surface area contributed by atoms with Gasteiger partial charge in [-0.05, 0) is 42.3 Å². The Kier molecular flexibility index (Phi) is 4.14. The molecule has 4 aromatic heterocycles. The summed E-state index contributed by atoms with van der Waals surface area (Å²) in [7, 11) is 0. The minimum Gasteiger partial charge on any atom is -0.356 e. The first-order chi connectivity index (χ1) is 15.7. The summed E-state index contributed by atoms with van der Waals surface area (Å²) in [6.07, 6.45) is 5.43. The standard InChI is InChI=1S/C25H19N5O2/c31-24-18(15-27-21-10-4-6-13-29(21)24)25(32)30-14-11-17-16-7-1-2-8-19(16)28-22(17)23(30)20-9-3-5-12-26-20/h1-10,12-13,15,23,28H,11,14H2/t23-/m1/s1. The predicted molar refractivity (Wildman–Crippen MR) is 121 cm³/mol. The Labute approximate surface area is 183 Å². The maximum Gasteiger partial charge on any atom is 0.270 e. The number of hydrogen-bond donors (Lipinski definition) is 1. The van der Waals surface area contributed by atoms with E-state index in [1.54, 1.807) is 29.4 Å². The molecule has 0 aliphatic carbocycles. The van der Waals surface area contributed by atoms with Crippen LogP contribution in [-0.4, -0.2) is 36.7 Å². The van der Waals surface area contributed by atoms with Crippen LogP contribution in [-0.2, 0) is 6.42 Å². The summed E-state index contributed by atoms with van der Waals surface area (Å²) in [6, 6.07) is 18.7. The number of aromatic nitrogens is 4. The number of nitrogens with one attached hydrogen (secondary N) is 1. The minimum absolute atomic E-state index is 0.0502. The molecule has 1 aromatic carbocycles. The summed E-state index contributed by atoms with van der Waals surface area (Å²) in [6.45, 7) is 0.478. The number of fused-ring (bicyclic) bond motifs is 4. The number of carbonyl (C=O) groups excluding carboxylic acids is 1. The van der Waals surface area contributed by atoms with E-state index in [9.17, 15) is 9.59 Å². The Balaban J connectivity index is 1.52. The van der Waals surface area contributed by atoms with Crippen LogP contribution in [0, 0.1) is 0 Å². The summed E-state index contributed by atoms with van der Waals surface area (Å²) in [5, 5.41) is 1.16. The highest BCUT2D eigenvalue weighted by atomic mass is 16.2. The van der Waals surface area contributed by atoms with Gasteiger partial charge in [-0.15, -0.1) is 0 Å². The average Bonchev–Trinajstić information content (AvgIpc) is 3.23. The molecule has 0 bridgehead atoms. The second-order valence-electron chi connectivity index (χ2n) is 7.87. The van der Waals surface area contributed by atoms with Gasteiger partial charge in [-0.2, -0.15) is 0 Å². The number of amides is 1. The normalized spacial score (nSPS) is 15.8. The van der Waals surface area contributed by atoms with Gasteiger partial charge in [0.05, 0.1) is 5.69 Å². The zero-order valence-corrected chi connectivity index (χ0v) is 17.1. The monoisotopic (exact) mass is 421 g/mol. The van der Waals surface area contributed by atoms with Crippen molar-refractivity contribution in [2.75, 3.05) is 6.54 Å². The topological polar surface area (TPSA) is 83.4 Å². The number of carbonyl (C=O) groups is 1. The second kappa shape index (κ2) is 7.16. The van der Waals surface area contributed by atoms with Crippen LogP contribution >= 0.6 is 0 Å². The first-order valence-corrected chi connectivity index (χ1v) is 10.5. The van der Waals surface area contributed by atoms with E-state index < -0.39 is 6.04 Å². The molecule has 0 saturated heterocycles. The number of benzene rings is 1. The van der Waals surface area contributed by atoms with Crippen molar-refractivity contribution in [1.82, 2.24) is 24.3 Å². The molecule has 1 atom stereocenters. The van der Waals surface area contributed by atoms with E-state index in [1.165, 1.54) is 16.2 Å². The fourth-order valence-electron chi connectivity index (χ4n) is 4.63. The van der Waals surface area contributed by atoms with Crippen molar-refractivity contribution in [3.63, 3.8) is 0 Å². The van der Waals surface area contributed by atoms with E-state index in [0.29, 0.717) is 18.6 Å². The lowest BCUT2D eigenvalue weighted by Crippen LogP contribution is -2.43. The lowest BCUT2D eigenvalue weighted by atomic mass is 9.94. The second-order valence-corrected chi connectivity index (χ2v) is 7.87. The van der Waals surface area contributed by atoms with Crippen LogP contribution in [0.2, 0.25) is 0 Å². The highest BCUT2D eigenvalue weighted by Gasteiger charge is 2.36. The Morgan fingerprint density at radius 3 is 2.72 bits per heavy atom. The average molecular weight is 421 g/mol. The van der Waals surface area contributed by atoms with Gasteiger partial charge in [0, 0.05) is 41.7 Å². The van der Waals surface area contributed by atoms with Crippen molar-refractivity contribution in [1.29, 1.82) is 0 Å². The van der Waals surface area contributed by atoms with Crippen molar-refractivity contribution < 1.29 is 4.79 Å². The van der Waals surface area contributed by atoms with Gasteiger partial charge in [-0.3, -0.25) is 19.0 Å². The molecule has 0 unspecified atom stereocenters. The Morgan fingerprint density at radius 2 is 1.84 bits per heavy atom. The van der Waals surface area contributed by atoms with Crippen LogP contribution < -0.4 is 5.56 Å². The third-order valence-corrected chi connectivity index (χ3v) is 6.11. The largest absolute Gasteiger partial charge is 0.356 e. The molecule has 1 aliphatic heterocycles. The zero-order chi connectivity index (χ0) is 21.7. The van der Waals surface area contributed by atoms with Crippen LogP contribution in [0.5, 0.6) is 0 Å². The summed E-state index contributed by atoms with van der Waals surface area (Å²) >= 11 is 0. The van der Waals surface area contributed by atoms with Crippen LogP contribution in [0.15, 0.2) is 84.0 Å². The number of rotatable bonds is 2. The van der Waals surface area contributed by atoms with Crippen LogP contribution in [0.3, 0.4) is 0 Å². The highest BCUT2D eigenvalue weighted by molar-refractivity contribution is 5.95. The van der Waals surface area contributed by atoms with Crippen molar-refractivity contribution in [3.05, 3.63) is 112 Å². The van der Waals surface area contributed by atoms with E-state index in [-0.39, 0.29) is 17.0 Å². The molecule has 156 valence electrons. The van der Waals surface area contributed by atoms with E-state index in [0.717, 1.165) is 22.3 Å². The van der Waals surface area contributed by atoms with Gasteiger partial charge < -0.3 is 9.88 Å². The predicted octanol–water partition coefficient (Wildman–Crippen LogP) is 3.36. The smallest absolute Gasteiger partial charge is 0.270 e.